The Balaban J connectivity index is 1.67. The average molecular weight is 422 g/mol. The van der Waals surface area contributed by atoms with Gasteiger partial charge in [-0.3, -0.25) is 14.9 Å². The number of amides is 1. The molecule has 1 amide bonds. The second-order valence-corrected chi connectivity index (χ2v) is 7.01. The van der Waals surface area contributed by atoms with Crippen molar-refractivity contribution in [3.05, 3.63) is 63.4 Å². The molecule has 3 rings (SSSR count). The lowest BCUT2D eigenvalue weighted by Crippen LogP contribution is -2.15. The summed E-state index contributed by atoms with van der Waals surface area (Å²) >= 11 is 6.88. The van der Waals surface area contributed by atoms with Gasteiger partial charge >= 0.3 is 0 Å². The van der Waals surface area contributed by atoms with Gasteiger partial charge in [0.2, 0.25) is 5.91 Å². The Hall–Kier alpha value is -2.98. The third-order valence-electron chi connectivity index (χ3n) is 3.70. The van der Waals surface area contributed by atoms with E-state index in [0.717, 1.165) is 11.8 Å². The van der Waals surface area contributed by atoms with E-state index in [9.17, 15) is 19.3 Å². The van der Waals surface area contributed by atoms with Crippen molar-refractivity contribution in [2.75, 3.05) is 11.1 Å². The molecule has 28 heavy (non-hydrogen) atoms. The summed E-state index contributed by atoms with van der Waals surface area (Å²) in [5.41, 5.74) is 0.456. The van der Waals surface area contributed by atoms with Gasteiger partial charge in [0.1, 0.15) is 11.5 Å². The van der Waals surface area contributed by atoms with Gasteiger partial charge in [-0.15, -0.1) is 10.2 Å². The smallest absolute Gasteiger partial charge is 0.294 e. The molecular formula is C17H13ClFN5O3S. The topological polar surface area (TPSA) is 103 Å². The number of aromatic nitrogens is 3. The van der Waals surface area contributed by atoms with Crippen molar-refractivity contribution < 1.29 is 14.1 Å². The van der Waals surface area contributed by atoms with Crippen molar-refractivity contribution in [1.29, 1.82) is 0 Å². The molecule has 0 aliphatic rings. The Morgan fingerprint density at radius 2 is 2.00 bits per heavy atom. The standard InChI is InChI=1S/C17H13ClFN5O3S/c1-23-16(10-2-5-12(19)6-3-10)21-22-17(23)28-9-15(25)20-13-7-4-11(18)8-14(13)24(26)27/h2-8H,9H2,1H3,(H,20,25). The molecule has 3 aromatic rings. The molecule has 8 nitrogen and oxygen atoms in total. The Bertz CT molecular complexity index is 1040. The van der Waals surface area contributed by atoms with Crippen molar-refractivity contribution in [2.24, 2.45) is 7.05 Å². The molecule has 1 N–H and O–H groups in total. The monoisotopic (exact) mass is 421 g/mol. The number of carbonyl (C=O) groups is 1. The maximum absolute atomic E-state index is 13.1. The number of carbonyl (C=O) groups excluding carboxylic acids is 1. The molecule has 144 valence electrons. The summed E-state index contributed by atoms with van der Waals surface area (Å²) in [4.78, 5) is 22.6. The number of nitro groups is 1. The molecule has 0 saturated carbocycles. The van der Waals surface area contributed by atoms with Gasteiger partial charge in [-0.1, -0.05) is 23.4 Å². The van der Waals surface area contributed by atoms with Gasteiger partial charge in [0, 0.05) is 23.7 Å². The fourth-order valence-corrected chi connectivity index (χ4v) is 3.25. The van der Waals surface area contributed by atoms with E-state index < -0.39 is 10.8 Å². The zero-order chi connectivity index (χ0) is 20.3. The Labute approximate surface area is 167 Å². The van der Waals surface area contributed by atoms with Crippen LogP contribution in [0.15, 0.2) is 47.6 Å². The van der Waals surface area contributed by atoms with Gasteiger partial charge < -0.3 is 9.88 Å². The maximum atomic E-state index is 13.1. The molecule has 0 saturated heterocycles. The molecule has 11 heteroatoms. The van der Waals surface area contributed by atoms with Crippen LogP contribution in [0.25, 0.3) is 11.4 Å². The quantitative estimate of drug-likeness (QED) is 0.367. The average Bonchev–Trinajstić information content (AvgIpc) is 3.02. The van der Waals surface area contributed by atoms with Gasteiger partial charge in [-0.2, -0.15) is 0 Å². The van der Waals surface area contributed by atoms with E-state index >= 15 is 0 Å². The lowest BCUT2D eigenvalue weighted by Gasteiger charge is -2.06. The predicted octanol–water partition coefficient (Wildman–Crippen LogP) is 3.91. The highest BCUT2D eigenvalue weighted by molar-refractivity contribution is 7.99. The zero-order valence-corrected chi connectivity index (χ0v) is 16.0. The minimum atomic E-state index is -0.619. The molecule has 0 atom stereocenters. The first-order valence-electron chi connectivity index (χ1n) is 7.87. The Morgan fingerprint density at radius 3 is 2.68 bits per heavy atom. The molecule has 0 unspecified atom stereocenters. The number of halogens is 2. The number of hydrogen-bond donors (Lipinski definition) is 1. The van der Waals surface area contributed by atoms with Crippen LogP contribution in [0.5, 0.6) is 0 Å². The number of rotatable bonds is 6. The van der Waals surface area contributed by atoms with E-state index in [1.54, 1.807) is 23.7 Å². The molecular weight excluding hydrogens is 409 g/mol. The third kappa shape index (κ3) is 4.46. The third-order valence-corrected chi connectivity index (χ3v) is 4.96. The van der Waals surface area contributed by atoms with Crippen LogP contribution in [0.3, 0.4) is 0 Å². The van der Waals surface area contributed by atoms with E-state index in [1.807, 2.05) is 0 Å². The summed E-state index contributed by atoms with van der Waals surface area (Å²) < 4.78 is 14.7. The molecule has 0 aliphatic heterocycles. The lowest BCUT2D eigenvalue weighted by atomic mass is 10.2. The number of benzene rings is 2. The van der Waals surface area contributed by atoms with Crippen molar-refractivity contribution in [1.82, 2.24) is 14.8 Å². The van der Waals surface area contributed by atoms with Gasteiger partial charge in [0.25, 0.3) is 5.69 Å². The Kier molecular flexibility index (Phi) is 5.90. The summed E-state index contributed by atoms with van der Waals surface area (Å²) in [6.45, 7) is 0. The van der Waals surface area contributed by atoms with Crippen molar-refractivity contribution >= 4 is 40.6 Å². The van der Waals surface area contributed by atoms with Crippen LogP contribution in [-0.2, 0) is 11.8 Å². The van der Waals surface area contributed by atoms with Crippen LogP contribution >= 0.6 is 23.4 Å². The number of nitrogens with zero attached hydrogens (tertiary/aromatic N) is 4. The molecule has 0 radical (unpaired) electrons. The van der Waals surface area contributed by atoms with Crippen LogP contribution in [0.2, 0.25) is 5.02 Å². The molecule has 0 aliphatic carbocycles. The summed E-state index contributed by atoms with van der Waals surface area (Å²) in [5.74, 6) is -0.304. The van der Waals surface area contributed by atoms with Gasteiger partial charge in [-0.05, 0) is 36.4 Å². The molecule has 0 fully saturated rings. The number of nitrogens with one attached hydrogen (secondary N) is 1. The number of hydrogen-bond acceptors (Lipinski definition) is 6. The second-order valence-electron chi connectivity index (χ2n) is 5.63. The van der Waals surface area contributed by atoms with E-state index in [4.69, 9.17) is 11.6 Å². The van der Waals surface area contributed by atoms with Crippen molar-refractivity contribution in [2.45, 2.75) is 5.16 Å². The molecule has 0 spiro atoms. The number of thioether (sulfide) groups is 1. The summed E-state index contributed by atoms with van der Waals surface area (Å²) in [6.07, 6.45) is 0. The van der Waals surface area contributed by atoms with Crippen LogP contribution in [-0.4, -0.2) is 31.3 Å². The summed E-state index contributed by atoms with van der Waals surface area (Å²) in [5, 5.41) is 22.3. The zero-order valence-electron chi connectivity index (χ0n) is 14.4. The summed E-state index contributed by atoms with van der Waals surface area (Å²) in [6, 6.07) is 9.81. The van der Waals surface area contributed by atoms with E-state index in [1.165, 1.54) is 30.3 Å². The van der Waals surface area contributed by atoms with E-state index in [-0.39, 0.29) is 28.0 Å². The fourth-order valence-electron chi connectivity index (χ4n) is 2.37. The minimum Gasteiger partial charge on any atom is -0.320 e. The predicted molar refractivity (Wildman–Crippen MR) is 104 cm³/mol. The van der Waals surface area contributed by atoms with Crippen LogP contribution in [0.4, 0.5) is 15.8 Å². The van der Waals surface area contributed by atoms with Crippen LogP contribution in [0, 0.1) is 15.9 Å². The number of anilines is 1. The maximum Gasteiger partial charge on any atom is 0.294 e. The van der Waals surface area contributed by atoms with E-state index in [0.29, 0.717) is 16.5 Å². The molecule has 1 heterocycles. The largest absolute Gasteiger partial charge is 0.320 e. The van der Waals surface area contributed by atoms with Crippen molar-refractivity contribution in [3.63, 3.8) is 0 Å². The lowest BCUT2D eigenvalue weighted by molar-refractivity contribution is -0.383. The first-order valence-corrected chi connectivity index (χ1v) is 9.23. The van der Waals surface area contributed by atoms with Crippen LogP contribution < -0.4 is 5.32 Å². The van der Waals surface area contributed by atoms with Gasteiger partial charge in [0.15, 0.2) is 11.0 Å². The number of nitro benzene ring substituents is 1. The van der Waals surface area contributed by atoms with Gasteiger partial charge in [0.05, 0.1) is 10.7 Å². The molecule has 0 bridgehead atoms. The highest BCUT2D eigenvalue weighted by Crippen LogP contribution is 2.28. The first kappa shape index (κ1) is 19.8. The summed E-state index contributed by atoms with van der Waals surface area (Å²) in [7, 11) is 1.73. The molecule has 1 aromatic heterocycles. The van der Waals surface area contributed by atoms with Crippen molar-refractivity contribution in [3.8, 4) is 11.4 Å². The normalized spacial score (nSPS) is 10.7. The van der Waals surface area contributed by atoms with E-state index in [2.05, 4.69) is 15.5 Å². The first-order chi connectivity index (χ1) is 13.3. The highest BCUT2D eigenvalue weighted by atomic mass is 35.5. The van der Waals surface area contributed by atoms with Gasteiger partial charge in [-0.25, -0.2) is 4.39 Å². The van der Waals surface area contributed by atoms with Crippen LogP contribution in [0.1, 0.15) is 0 Å². The SMILES string of the molecule is Cn1c(SCC(=O)Nc2ccc(Cl)cc2[N+](=O)[O-])nnc1-c1ccc(F)cc1. The second kappa shape index (κ2) is 8.36. The fraction of sp³-hybridized carbons (Fsp3) is 0.118. The minimum absolute atomic E-state index is 0.0326. The Morgan fingerprint density at radius 1 is 1.29 bits per heavy atom. The molecule has 2 aromatic carbocycles. The highest BCUT2D eigenvalue weighted by Gasteiger charge is 2.18.